The lowest BCUT2D eigenvalue weighted by molar-refractivity contribution is -0.159. The van der Waals surface area contributed by atoms with E-state index in [4.69, 9.17) is 19.8 Å². The van der Waals surface area contributed by atoms with Crippen LogP contribution in [0.5, 0.6) is 0 Å². The van der Waals surface area contributed by atoms with Gasteiger partial charge in [-0.3, -0.25) is 9.88 Å². The highest BCUT2D eigenvalue weighted by atomic mass is 16.4. The fraction of sp³-hybridized carbons (Fsp3) is 0.632. The zero-order valence-electron chi connectivity index (χ0n) is 15.2. The van der Waals surface area contributed by atoms with E-state index in [9.17, 15) is 0 Å². The number of nitrogens with zero attached hydrogens (tertiary/aromatic N) is 3. The molecule has 1 aromatic rings. The minimum Gasteiger partial charge on any atom is -0.473 e. The van der Waals surface area contributed by atoms with E-state index in [0.29, 0.717) is 0 Å². The number of carboxylic acids is 2. The van der Waals surface area contributed by atoms with Crippen molar-refractivity contribution in [2.45, 2.75) is 51.1 Å². The van der Waals surface area contributed by atoms with Gasteiger partial charge in [-0.1, -0.05) is 18.9 Å². The maximum absolute atomic E-state index is 9.10. The predicted molar refractivity (Wildman–Crippen MR) is 97.8 cm³/mol. The van der Waals surface area contributed by atoms with Crippen LogP contribution in [0.25, 0.3) is 0 Å². The van der Waals surface area contributed by atoms with Gasteiger partial charge in [0, 0.05) is 31.9 Å². The van der Waals surface area contributed by atoms with E-state index in [2.05, 4.69) is 26.9 Å². The third-order valence-corrected chi connectivity index (χ3v) is 5.01. The molecule has 2 saturated heterocycles. The van der Waals surface area contributed by atoms with Crippen LogP contribution >= 0.6 is 0 Å². The highest BCUT2D eigenvalue weighted by Gasteiger charge is 2.24. The van der Waals surface area contributed by atoms with Gasteiger partial charge in [0.05, 0.1) is 5.69 Å². The van der Waals surface area contributed by atoms with Crippen LogP contribution < -0.4 is 0 Å². The van der Waals surface area contributed by atoms with Crippen molar-refractivity contribution >= 4 is 11.9 Å². The number of carbonyl (C=O) groups is 2. The van der Waals surface area contributed by atoms with Crippen LogP contribution in [0.1, 0.15) is 44.2 Å². The van der Waals surface area contributed by atoms with Crippen molar-refractivity contribution in [2.75, 3.05) is 26.2 Å². The summed E-state index contributed by atoms with van der Waals surface area (Å²) in [5.41, 5.74) is 1.21. The Bertz CT molecular complexity index is 539. The van der Waals surface area contributed by atoms with Gasteiger partial charge in [0.1, 0.15) is 0 Å². The Balaban J connectivity index is 0.000000352. The molecule has 2 N–H and O–H groups in total. The highest BCUT2D eigenvalue weighted by Crippen LogP contribution is 2.21. The van der Waals surface area contributed by atoms with Crippen LogP contribution in [-0.2, 0) is 16.1 Å². The Morgan fingerprint density at radius 3 is 2.08 bits per heavy atom. The van der Waals surface area contributed by atoms with E-state index in [-0.39, 0.29) is 0 Å². The van der Waals surface area contributed by atoms with E-state index in [1.54, 1.807) is 0 Å². The monoisotopic (exact) mass is 363 g/mol. The summed E-state index contributed by atoms with van der Waals surface area (Å²) < 4.78 is 0. The molecule has 0 unspecified atom stereocenters. The number of aliphatic carboxylic acids is 2. The number of carboxylic acid groups (broad SMARTS) is 2. The fourth-order valence-electron chi connectivity index (χ4n) is 3.62. The Hall–Kier alpha value is -1.99. The molecule has 2 fully saturated rings. The summed E-state index contributed by atoms with van der Waals surface area (Å²) in [4.78, 5) is 28.0. The largest absolute Gasteiger partial charge is 0.473 e. The molecule has 3 rings (SSSR count). The molecular weight excluding hydrogens is 334 g/mol. The first kappa shape index (κ1) is 20.3. The molecule has 0 atom stereocenters. The molecule has 0 aromatic carbocycles. The molecule has 7 heteroatoms. The normalized spacial score (nSPS) is 19.8. The van der Waals surface area contributed by atoms with Crippen molar-refractivity contribution in [1.82, 2.24) is 14.8 Å². The average molecular weight is 363 g/mol. The average Bonchev–Trinajstić information content (AvgIpc) is 2.93. The molecule has 1 aromatic heterocycles. The molecule has 26 heavy (non-hydrogen) atoms. The second-order valence-corrected chi connectivity index (χ2v) is 6.89. The number of pyridine rings is 1. The maximum atomic E-state index is 9.10. The number of hydrogen-bond acceptors (Lipinski definition) is 5. The summed E-state index contributed by atoms with van der Waals surface area (Å²) in [5, 5.41) is 14.8. The van der Waals surface area contributed by atoms with Gasteiger partial charge in [0.15, 0.2) is 0 Å². The lowest BCUT2D eigenvalue weighted by atomic mass is 10.0. The highest BCUT2D eigenvalue weighted by molar-refractivity contribution is 6.27. The molecule has 144 valence electrons. The molecule has 7 nitrogen and oxygen atoms in total. The zero-order valence-corrected chi connectivity index (χ0v) is 15.2. The second-order valence-electron chi connectivity index (χ2n) is 6.89. The van der Waals surface area contributed by atoms with Crippen LogP contribution in [0.4, 0.5) is 0 Å². The maximum Gasteiger partial charge on any atom is 0.414 e. The molecule has 0 radical (unpaired) electrons. The van der Waals surface area contributed by atoms with Gasteiger partial charge in [0.2, 0.25) is 0 Å². The van der Waals surface area contributed by atoms with E-state index < -0.39 is 11.9 Å². The number of hydrogen-bond donors (Lipinski definition) is 2. The molecule has 0 saturated carbocycles. The third-order valence-electron chi connectivity index (χ3n) is 5.01. The van der Waals surface area contributed by atoms with Gasteiger partial charge in [-0.25, -0.2) is 9.59 Å². The number of rotatable bonds is 3. The quantitative estimate of drug-likeness (QED) is 0.794. The number of aromatic nitrogens is 1. The van der Waals surface area contributed by atoms with E-state index in [0.717, 1.165) is 12.6 Å². The van der Waals surface area contributed by atoms with E-state index in [1.807, 2.05) is 12.3 Å². The van der Waals surface area contributed by atoms with Crippen LogP contribution in [0.2, 0.25) is 0 Å². The summed E-state index contributed by atoms with van der Waals surface area (Å²) in [6, 6.07) is 7.07. The number of likely N-dealkylation sites (tertiary alicyclic amines) is 2. The van der Waals surface area contributed by atoms with Gasteiger partial charge >= 0.3 is 11.9 Å². The lowest BCUT2D eigenvalue weighted by Crippen LogP contribution is -2.45. The van der Waals surface area contributed by atoms with Crippen molar-refractivity contribution in [3.63, 3.8) is 0 Å². The summed E-state index contributed by atoms with van der Waals surface area (Å²) in [7, 11) is 0. The summed E-state index contributed by atoms with van der Waals surface area (Å²) in [6.45, 7) is 6.17. The van der Waals surface area contributed by atoms with Crippen LogP contribution in [0, 0.1) is 0 Å². The van der Waals surface area contributed by atoms with Crippen LogP contribution in [0.15, 0.2) is 24.4 Å². The van der Waals surface area contributed by atoms with Gasteiger partial charge in [-0.05, 0) is 50.9 Å². The van der Waals surface area contributed by atoms with Gasteiger partial charge in [-0.15, -0.1) is 0 Å². The molecule has 0 spiro atoms. The van der Waals surface area contributed by atoms with Crippen LogP contribution in [0.3, 0.4) is 0 Å². The minimum absolute atomic E-state index is 0.841. The Kier molecular flexibility index (Phi) is 8.50. The SMILES string of the molecule is O=C(O)C(=O)O.c1ccc(CN2CCC(N3CCCCCC3)CC2)nc1. The fourth-order valence-corrected chi connectivity index (χ4v) is 3.62. The van der Waals surface area contributed by atoms with Crippen molar-refractivity contribution < 1.29 is 19.8 Å². The van der Waals surface area contributed by atoms with Gasteiger partial charge in [0.25, 0.3) is 0 Å². The molecule has 0 bridgehead atoms. The van der Waals surface area contributed by atoms with Crippen molar-refractivity contribution in [2.24, 2.45) is 0 Å². The number of piperidine rings is 1. The first-order chi connectivity index (χ1) is 12.6. The molecule has 0 amide bonds. The Labute approximate surface area is 154 Å². The minimum atomic E-state index is -1.82. The van der Waals surface area contributed by atoms with E-state index >= 15 is 0 Å². The first-order valence-corrected chi connectivity index (χ1v) is 9.39. The smallest absolute Gasteiger partial charge is 0.414 e. The molecular formula is C19H29N3O4. The molecule has 2 aliphatic rings. The van der Waals surface area contributed by atoms with E-state index in [1.165, 1.54) is 70.4 Å². The third kappa shape index (κ3) is 7.09. The zero-order chi connectivity index (χ0) is 18.8. The second kappa shape index (κ2) is 10.9. The van der Waals surface area contributed by atoms with Gasteiger partial charge in [-0.2, -0.15) is 0 Å². The van der Waals surface area contributed by atoms with Gasteiger partial charge < -0.3 is 15.1 Å². The standard InChI is InChI=1S/C17H27N3.C2H2O4/c1-2-6-12-20(11-5-1)17-8-13-19(14-9-17)15-16-7-3-4-10-18-16;3-1(4)2(5)6/h3-4,7,10,17H,1-2,5-6,8-9,11-15H2;(H,3,4)(H,5,6). The first-order valence-electron chi connectivity index (χ1n) is 9.39. The van der Waals surface area contributed by atoms with Crippen molar-refractivity contribution in [1.29, 1.82) is 0 Å². The topological polar surface area (TPSA) is 94.0 Å². The predicted octanol–water partition coefficient (Wildman–Crippen LogP) is 2.08. The Morgan fingerprint density at radius 1 is 0.962 bits per heavy atom. The summed E-state index contributed by atoms with van der Waals surface area (Å²) in [5.74, 6) is -3.65. The summed E-state index contributed by atoms with van der Waals surface area (Å²) in [6.07, 6.45) is 10.3. The molecule has 0 aliphatic carbocycles. The lowest BCUT2D eigenvalue weighted by Gasteiger charge is -2.38. The van der Waals surface area contributed by atoms with Crippen LogP contribution in [-0.4, -0.2) is 69.2 Å². The molecule has 3 heterocycles. The molecule has 2 aliphatic heterocycles. The Morgan fingerprint density at radius 2 is 1.58 bits per heavy atom. The van der Waals surface area contributed by atoms with Crippen molar-refractivity contribution in [3.05, 3.63) is 30.1 Å². The summed E-state index contributed by atoms with van der Waals surface area (Å²) >= 11 is 0. The van der Waals surface area contributed by atoms with Crippen molar-refractivity contribution in [3.8, 4) is 0 Å².